The van der Waals surface area contributed by atoms with Gasteiger partial charge < -0.3 is 15.0 Å². The Morgan fingerprint density at radius 3 is 2.90 bits per heavy atom. The Balaban J connectivity index is 1.36. The summed E-state index contributed by atoms with van der Waals surface area (Å²) in [4.78, 5) is 43.7. The number of carbonyl (C=O) groups is 3. The van der Waals surface area contributed by atoms with Gasteiger partial charge in [0.1, 0.15) is 6.04 Å². The van der Waals surface area contributed by atoms with E-state index in [-0.39, 0.29) is 5.91 Å². The Kier molecular flexibility index (Phi) is 5.53. The highest BCUT2D eigenvalue weighted by molar-refractivity contribution is 7.12. The van der Waals surface area contributed by atoms with Crippen LogP contribution in [0.1, 0.15) is 22.5 Å². The monoisotopic (exact) mass is 409 g/mol. The maximum atomic E-state index is 12.6. The lowest BCUT2D eigenvalue weighted by molar-refractivity contribution is -0.151. The van der Waals surface area contributed by atoms with E-state index in [2.05, 4.69) is 10.3 Å². The molecule has 0 aliphatic carbocycles. The number of nitrogens with zero attached hydrogens (tertiary/aromatic N) is 2. The van der Waals surface area contributed by atoms with Gasteiger partial charge in [-0.1, -0.05) is 12.1 Å². The van der Waals surface area contributed by atoms with Gasteiger partial charge in [0.25, 0.3) is 11.8 Å². The Morgan fingerprint density at radius 2 is 2.07 bits per heavy atom. The molecule has 7 nitrogen and oxygen atoms in total. The van der Waals surface area contributed by atoms with E-state index in [0.29, 0.717) is 23.5 Å². The number of amides is 2. The number of ether oxygens (including phenoxy) is 1. The summed E-state index contributed by atoms with van der Waals surface area (Å²) in [7, 11) is 0. The number of thiophene rings is 1. The highest BCUT2D eigenvalue weighted by Crippen LogP contribution is 2.24. The number of anilines is 1. The molecule has 1 aromatic carbocycles. The number of nitrogens with one attached hydrogen (secondary N) is 1. The van der Waals surface area contributed by atoms with Gasteiger partial charge in [0, 0.05) is 18.1 Å². The SMILES string of the molecule is O=C(COC(=O)[C@@H]1CCCN1C(=O)c1cccs1)Nc1cccc2ncccc12. The number of fused-ring (bicyclic) bond motifs is 1. The van der Waals surface area contributed by atoms with Crippen molar-refractivity contribution in [3.8, 4) is 0 Å². The summed E-state index contributed by atoms with van der Waals surface area (Å²) in [5.74, 6) is -1.17. The summed E-state index contributed by atoms with van der Waals surface area (Å²) in [6.45, 7) is 0.0959. The van der Waals surface area contributed by atoms with Crippen LogP contribution in [0.15, 0.2) is 54.0 Å². The fourth-order valence-electron chi connectivity index (χ4n) is 3.43. The van der Waals surface area contributed by atoms with E-state index in [1.54, 1.807) is 36.5 Å². The molecule has 1 aliphatic heterocycles. The maximum Gasteiger partial charge on any atom is 0.329 e. The topological polar surface area (TPSA) is 88.6 Å². The zero-order chi connectivity index (χ0) is 20.2. The zero-order valence-corrected chi connectivity index (χ0v) is 16.4. The first-order chi connectivity index (χ1) is 14.1. The predicted molar refractivity (Wildman–Crippen MR) is 110 cm³/mol. The number of likely N-dealkylation sites (tertiary alicyclic amines) is 1. The molecule has 0 radical (unpaired) electrons. The molecule has 0 unspecified atom stereocenters. The second kappa shape index (κ2) is 8.40. The summed E-state index contributed by atoms with van der Waals surface area (Å²) >= 11 is 1.34. The van der Waals surface area contributed by atoms with Gasteiger partial charge in [-0.3, -0.25) is 14.6 Å². The van der Waals surface area contributed by atoms with Gasteiger partial charge in [-0.2, -0.15) is 0 Å². The minimum Gasteiger partial charge on any atom is -0.454 e. The van der Waals surface area contributed by atoms with Crippen molar-refractivity contribution in [2.24, 2.45) is 0 Å². The minimum atomic E-state index is -0.654. The fraction of sp³-hybridized carbons (Fsp3) is 0.238. The Morgan fingerprint density at radius 1 is 1.17 bits per heavy atom. The van der Waals surface area contributed by atoms with Crippen LogP contribution in [0.5, 0.6) is 0 Å². The number of esters is 1. The molecule has 2 amide bonds. The van der Waals surface area contributed by atoms with Crippen LogP contribution in [0, 0.1) is 0 Å². The molecule has 1 N–H and O–H groups in total. The number of hydrogen-bond donors (Lipinski definition) is 1. The maximum absolute atomic E-state index is 12.6. The number of benzene rings is 1. The van der Waals surface area contributed by atoms with Crippen LogP contribution in [0.2, 0.25) is 0 Å². The van der Waals surface area contributed by atoms with E-state index < -0.39 is 24.5 Å². The first kappa shape index (κ1) is 19.1. The standard InChI is InChI=1S/C21H19N3O4S/c25-19(23-16-7-1-6-15-14(16)5-2-10-22-15)13-28-21(27)17-8-3-11-24(17)20(26)18-9-4-12-29-18/h1-2,4-7,9-10,12,17H,3,8,11,13H2,(H,23,25)/t17-/m0/s1. The third-order valence-electron chi connectivity index (χ3n) is 4.78. The van der Waals surface area contributed by atoms with Gasteiger partial charge in [0.15, 0.2) is 6.61 Å². The van der Waals surface area contributed by atoms with Gasteiger partial charge in [0.2, 0.25) is 0 Å². The summed E-state index contributed by atoms with van der Waals surface area (Å²) in [5, 5.41) is 5.38. The molecular formula is C21H19N3O4S. The van der Waals surface area contributed by atoms with E-state index >= 15 is 0 Å². The zero-order valence-electron chi connectivity index (χ0n) is 15.5. The Labute approximate surface area is 171 Å². The Hall–Kier alpha value is -3.26. The highest BCUT2D eigenvalue weighted by atomic mass is 32.1. The molecule has 2 aromatic heterocycles. The highest BCUT2D eigenvalue weighted by Gasteiger charge is 2.36. The van der Waals surface area contributed by atoms with Crippen molar-refractivity contribution in [2.75, 3.05) is 18.5 Å². The smallest absolute Gasteiger partial charge is 0.329 e. The number of aromatic nitrogens is 1. The van der Waals surface area contributed by atoms with Crippen LogP contribution in [0.25, 0.3) is 10.9 Å². The van der Waals surface area contributed by atoms with E-state index in [1.807, 2.05) is 17.5 Å². The van der Waals surface area contributed by atoms with Crippen molar-refractivity contribution >= 4 is 45.7 Å². The van der Waals surface area contributed by atoms with Crippen LogP contribution in [-0.2, 0) is 14.3 Å². The summed E-state index contributed by atoms with van der Waals surface area (Å²) in [6, 6.07) is 11.9. The van der Waals surface area contributed by atoms with Crippen LogP contribution in [0.3, 0.4) is 0 Å². The molecule has 0 spiro atoms. The molecular weight excluding hydrogens is 390 g/mol. The first-order valence-corrected chi connectivity index (χ1v) is 10.2. The lowest BCUT2D eigenvalue weighted by atomic mass is 10.2. The summed E-state index contributed by atoms with van der Waals surface area (Å²) in [5.41, 5.74) is 1.36. The van der Waals surface area contributed by atoms with Crippen molar-refractivity contribution in [2.45, 2.75) is 18.9 Å². The van der Waals surface area contributed by atoms with Crippen LogP contribution in [0.4, 0.5) is 5.69 Å². The van der Waals surface area contributed by atoms with Crippen molar-refractivity contribution in [1.82, 2.24) is 9.88 Å². The number of rotatable bonds is 5. The molecule has 0 saturated carbocycles. The molecule has 1 aliphatic rings. The van der Waals surface area contributed by atoms with Gasteiger partial charge in [0.05, 0.1) is 16.1 Å². The number of hydrogen-bond acceptors (Lipinski definition) is 6. The largest absolute Gasteiger partial charge is 0.454 e. The van der Waals surface area contributed by atoms with Gasteiger partial charge in [-0.15, -0.1) is 11.3 Å². The first-order valence-electron chi connectivity index (χ1n) is 9.28. The molecule has 8 heteroatoms. The second-order valence-corrected chi connectivity index (χ2v) is 7.61. The van der Waals surface area contributed by atoms with E-state index in [9.17, 15) is 14.4 Å². The van der Waals surface area contributed by atoms with E-state index in [1.165, 1.54) is 16.2 Å². The normalized spacial score (nSPS) is 16.0. The van der Waals surface area contributed by atoms with Gasteiger partial charge >= 0.3 is 5.97 Å². The molecule has 4 rings (SSSR count). The number of carbonyl (C=O) groups excluding carboxylic acids is 3. The quantitative estimate of drug-likeness (QED) is 0.654. The van der Waals surface area contributed by atoms with Crippen LogP contribution in [-0.4, -0.2) is 46.9 Å². The molecule has 3 heterocycles. The van der Waals surface area contributed by atoms with Crippen molar-refractivity contribution in [1.29, 1.82) is 0 Å². The van der Waals surface area contributed by atoms with Crippen LogP contribution < -0.4 is 5.32 Å². The number of pyridine rings is 1. The van der Waals surface area contributed by atoms with E-state index in [4.69, 9.17) is 4.74 Å². The lowest BCUT2D eigenvalue weighted by Gasteiger charge is -2.22. The molecule has 1 fully saturated rings. The van der Waals surface area contributed by atoms with Crippen molar-refractivity contribution in [3.63, 3.8) is 0 Å². The molecule has 1 saturated heterocycles. The third-order valence-corrected chi connectivity index (χ3v) is 5.64. The van der Waals surface area contributed by atoms with Gasteiger partial charge in [-0.25, -0.2) is 4.79 Å². The average molecular weight is 409 g/mol. The van der Waals surface area contributed by atoms with Crippen molar-refractivity contribution < 1.29 is 19.1 Å². The summed E-state index contributed by atoms with van der Waals surface area (Å²) < 4.78 is 5.21. The molecule has 148 valence electrons. The van der Waals surface area contributed by atoms with Crippen LogP contribution >= 0.6 is 11.3 Å². The lowest BCUT2D eigenvalue weighted by Crippen LogP contribution is -2.41. The third kappa shape index (κ3) is 4.12. The predicted octanol–water partition coefficient (Wildman–Crippen LogP) is 3.08. The summed E-state index contributed by atoms with van der Waals surface area (Å²) in [6.07, 6.45) is 2.94. The second-order valence-electron chi connectivity index (χ2n) is 6.67. The molecule has 0 bridgehead atoms. The van der Waals surface area contributed by atoms with E-state index in [0.717, 1.165) is 17.3 Å². The average Bonchev–Trinajstić information content (AvgIpc) is 3.44. The minimum absolute atomic E-state index is 0.174. The molecule has 1 atom stereocenters. The molecule has 29 heavy (non-hydrogen) atoms. The Bertz CT molecular complexity index is 1050. The fourth-order valence-corrected chi connectivity index (χ4v) is 4.11. The van der Waals surface area contributed by atoms with Crippen molar-refractivity contribution in [3.05, 3.63) is 58.9 Å². The van der Waals surface area contributed by atoms with Gasteiger partial charge in [-0.05, 0) is 48.6 Å². The molecule has 3 aromatic rings.